The van der Waals surface area contributed by atoms with Gasteiger partial charge in [-0.25, -0.2) is 4.39 Å². The minimum absolute atomic E-state index is 0.00694. The van der Waals surface area contributed by atoms with E-state index in [0.29, 0.717) is 24.0 Å². The van der Waals surface area contributed by atoms with Crippen LogP contribution in [0.5, 0.6) is 0 Å². The maximum absolute atomic E-state index is 14.8. The number of carbonyl (C=O) groups excluding carboxylic acids is 2. The monoisotopic (exact) mass is 469 g/mol. The molecule has 0 saturated heterocycles. The third kappa shape index (κ3) is 3.76. The largest absolute Gasteiger partial charge is 0.294 e. The summed E-state index contributed by atoms with van der Waals surface area (Å²) >= 11 is 3.40. The van der Waals surface area contributed by atoms with Crippen molar-refractivity contribution >= 4 is 33.3 Å². The molecule has 3 nitrogen and oxygen atoms in total. The van der Waals surface area contributed by atoms with E-state index >= 15 is 0 Å². The Hall–Kier alpha value is -2.27. The van der Waals surface area contributed by atoms with E-state index in [1.807, 2.05) is 39.8 Å². The summed E-state index contributed by atoms with van der Waals surface area (Å²) < 4.78 is 15.5. The van der Waals surface area contributed by atoms with Crippen LogP contribution < -0.4 is 4.90 Å². The summed E-state index contributed by atoms with van der Waals surface area (Å²) in [5, 5.41) is 0. The average molecular weight is 470 g/mol. The van der Waals surface area contributed by atoms with E-state index in [9.17, 15) is 14.0 Å². The molecule has 1 aliphatic carbocycles. The molecule has 0 fully saturated rings. The van der Waals surface area contributed by atoms with Crippen LogP contribution in [-0.4, -0.2) is 11.7 Å². The van der Waals surface area contributed by atoms with Gasteiger partial charge in [0.1, 0.15) is 5.82 Å². The highest BCUT2D eigenvalue weighted by atomic mass is 79.9. The van der Waals surface area contributed by atoms with Crippen molar-refractivity contribution in [2.24, 2.45) is 5.41 Å². The molecule has 0 spiro atoms. The molecule has 1 heterocycles. The Balaban J connectivity index is 1.95. The molecule has 2 aromatic rings. The van der Waals surface area contributed by atoms with Crippen LogP contribution in [0.3, 0.4) is 0 Å². The Labute approximate surface area is 185 Å². The minimum Gasteiger partial charge on any atom is -0.294 e. The van der Waals surface area contributed by atoms with Crippen molar-refractivity contribution in [2.75, 3.05) is 4.90 Å². The fourth-order valence-electron chi connectivity index (χ4n) is 4.84. The number of benzene rings is 2. The number of allylic oxidation sites excluding steroid dienone is 2. The summed E-state index contributed by atoms with van der Waals surface area (Å²) in [6.45, 7) is 8.08. The predicted molar refractivity (Wildman–Crippen MR) is 120 cm³/mol. The van der Waals surface area contributed by atoms with Crippen LogP contribution in [0.2, 0.25) is 0 Å². The number of halogens is 2. The third-order valence-corrected chi connectivity index (χ3v) is 6.43. The number of carbonyl (C=O) groups is 2. The van der Waals surface area contributed by atoms with Crippen LogP contribution in [-0.2, 0) is 9.59 Å². The maximum Gasteiger partial charge on any atom is 0.232 e. The van der Waals surface area contributed by atoms with Gasteiger partial charge in [0, 0.05) is 40.2 Å². The van der Waals surface area contributed by atoms with Crippen LogP contribution in [0.15, 0.2) is 52.1 Å². The van der Waals surface area contributed by atoms with E-state index in [1.54, 1.807) is 17.0 Å². The van der Waals surface area contributed by atoms with Crippen molar-refractivity contribution in [1.29, 1.82) is 0 Å². The normalized spacial score (nSPS) is 21.1. The highest BCUT2D eigenvalue weighted by molar-refractivity contribution is 9.10. The molecule has 0 bridgehead atoms. The standard InChI is InChI=1S/C25H25BrFNO2/c1-14-7-15(2)9-17(8-14)28-21-12-25(3,4)13-22(29)24(21)19(11-23(28)30)18-10-16(26)5-6-20(18)27/h5-10,19H,11-13H2,1-4H3. The van der Waals surface area contributed by atoms with Crippen molar-refractivity contribution in [3.8, 4) is 0 Å². The fraction of sp³-hybridized carbons (Fsp3) is 0.360. The smallest absolute Gasteiger partial charge is 0.232 e. The topological polar surface area (TPSA) is 37.4 Å². The Morgan fingerprint density at radius 3 is 2.37 bits per heavy atom. The third-order valence-electron chi connectivity index (χ3n) is 5.94. The van der Waals surface area contributed by atoms with Gasteiger partial charge in [-0.2, -0.15) is 0 Å². The van der Waals surface area contributed by atoms with Crippen LogP contribution in [0.1, 0.15) is 55.7 Å². The number of hydrogen-bond acceptors (Lipinski definition) is 2. The summed E-state index contributed by atoms with van der Waals surface area (Å²) in [6, 6.07) is 10.7. The molecular formula is C25H25BrFNO2. The summed E-state index contributed by atoms with van der Waals surface area (Å²) in [6.07, 6.45) is 1.07. The van der Waals surface area contributed by atoms with E-state index in [0.717, 1.165) is 27.0 Å². The number of ketones is 1. The van der Waals surface area contributed by atoms with E-state index in [-0.39, 0.29) is 29.3 Å². The minimum atomic E-state index is -0.559. The number of nitrogens with zero attached hydrogens (tertiary/aromatic N) is 1. The molecule has 0 radical (unpaired) electrons. The quantitative estimate of drug-likeness (QED) is 0.512. The lowest BCUT2D eigenvalue weighted by molar-refractivity contribution is -0.121. The van der Waals surface area contributed by atoms with Crippen molar-refractivity contribution < 1.29 is 14.0 Å². The molecule has 2 aliphatic rings. The van der Waals surface area contributed by atoms with Gasteiger partial charge in [-0.3, -0.25) is 14.5 Å². The number of rotatable bonds is 2. The zero-order valence-electron chi connectivity index (χ0n) is 17.7. The van der Waals surface area contributed by atoms with Gasteiger partial charge in [0.05, 0.1) is 0 Å². The first-order valence-electron chi connectivity index (χ1n) is 10.2. The lowest BCUT2D eigenvalue weighted by Crippen LogP contribution is -2.44. The molecular weight excluding hydrogens is 445 g/mol. The van der Waals surface area contributed by atoms with E-state index in [4.69, 9.17) is 0 Å². The summed E-state index contributed by atoms with van der Waals surface area (Å²) in [5.41, 5.74) is 4.35. The predicted octanol–water partition coefficient (Wildman–Crippen LogP) is 6.37. The Bertz CT molecular complexity index is 1080. The van der Waals surface area contributed by atoms with Crippen LogP contribution in [0.25, 0.3) is 0 Å². The summed E-state index contributed by atoms with van der Waals surface area (Å²) in [5.74, 6) is -1.04. The highest BCUT2D eigenvalue weighted by Gasteiger charge is 2.45. The summed E-state index contributed by atoms with van der Waals surface area (Å²) in [7, 11) is 0. The zero-order valence-corrected chi connectivity index (χ0v) is 19.3. The van der Waals surface area contributed by atoms with Crippen molar-refractivity contribution in [3.05, 3.63) is 74.6 Å². The second-order valence-electron chi connectivity index (χ2n) is 9.30. The number of hydrogen-bond donors (Lipinski definition) is 0. The van der Waals surface area contributed by atoms with Gasteiger partial charge in [0.25, 0.3) is 0 Å². The van der Waals surface area contributed by atoms with E-state index in [2.05, 4.69) is 22.0 Å². The van der Waals surface area contributed by atoms with E-state index < -0.39 is 5.92 Å². The van der Waals surface area contributed by atoms with Crippen molar-refractivity contribution in [2.45, 2.75) is 52.9 Å². The first-order chi connectivity index (χ1) is 14.1. The van der Waals surface area contributed by atoms with Crippen LogP contribution >= 0.6 is 15.9 Å². The van der Waals surface area contributed by atoms with Crippen LogP contribution in [0, 0.1) is 25.1 Å². The molecule has 30 heavy (non-hydrogen) atoms. The highest BCUT2D eigenvalue weighted by Crippen LogP contribution is 2.48. The first-order valence-corrected chi connectivity index (χ1v) is 11.0. The number of aryl methyl sites for hydroxylation is 2. The van der Waals surface area contributed by atoms with Crippen molar-refractivity contribution in [3.63, 3.8) is 0 Å². The number of anilines is 1. The molecule has 0 aromatic heterocycles. The summed E-state index contributed by atoms with van der Waals surface area (Å²) in [4.78, 5) is 28.4. The molecule has 4 rings (SSSR count). The van der Waals surface area contributed by atoms with Gasteiger partial charge in [-0.1, -0.05) is 35.8 Å². The van der Waals surface area contributed by atoms with Gasteiger partial charge in [-0.15, -0.1) is 0 Å². The molecule has 1 amide bonds. The lowest BCUT2D eigenvalue weighted by atomic mass is 9.69. The van der Waals surface area contributed by atoms with Crippen LogP contribution in [0.4, 0.5) is 10.1 Å². The molecule has 0 N–H and O–H groups in total. The average Bonchev–Trinajstić information content (AvgIpc) is 2.61. The SMILES string of the molecule is Cc1cc(C)cc(N2C(=O)CC(c3cc(Br)ccc3F)C3=C2CC(C)(C)CC3=O)c1. The second kappa shape index (κ2) is 7.45. The van der Waals surface area contributed by atoms with Gasteiger partial charge < -0.3 is 0 Å². The zero-order chi connectivity index (χ0) is 21.8. The Kier molecular flexibility index (Phi) is 5.21. The molecule has 1 aliphatic heterocycles. The van der Waals surface area contributed by atoms with Gasteiger partial charge in [0.15, 0.2) is 5.78 Å². The van der Waals surface area contributed by atoms with Gasteiger partial charge in [0.2, 0.25) is 5.91 Å². The van der Waals surface area contributed by atoms with Gasteiger partial charge >= 0.3 is 0 Å². The lowest BCUT2D eigenvalue weighted by Gasteiger charge is -2.43. The van der Waals surface area contributed by atoms with E-state index in [1.165, 1.54) is 6.07 Å². The molecule has 5 heteroatoms. The fourth-order valence-corrected chi connectivity index (χ4v) is 5.22. The second-order valence-corrected chi connectivity index (χ2v) is 10.2. The molecule has 2 aromatic carbocycles. The Morgan fingerprint density at radius 1 is 1.03 bits per heavy atom. The molecule has 1 unspecified atom stereocenters. The van der Waals surface area contributed by atoms with Crippen molar-refractivity contribution in [1.82, 2.24) is 0 Å². The molecule has 1 atom stereocenters. The number of amides is 1. The maximum atomic E-state index is 14.8. The first kappa shape index (κ1) is 21.0. The number of Topliss-reactive ketones (excluding diaryl/α,β-unsaturated/α-hetero) is 1. The Morgan fingerprint density at radius 2 is 1.70 bits per heavy atom. The molecule has 0 saturated carbocycles. The molecule has 156 valence electrons. The van der Waals surface area contributed by atoms with Gasteiger partial charge in [-0.05, 0) is 72.7 Å².